The van der Waals surface area contributed by atoms with Crippen molar-refractivity contribution >= 4 is 81.2 Å². The highest BCUT2D eigenvalue weighted by molar-refractivity contribution is 6.78. The maximum atomic E-state index is 6.23. The number of unbranched alkanes of at least 4 members (excludes halogenated alkanes) is 1. The van der Waals surface area contributed by atoms with Crippen LogP contribution in [0, 0.1) is 6.92 Å². The summed E-state index contributed by atoms with van der Waals surface area (Å²) in [6, 6.07) is 7.20. The average molecular weight is 416 g/mol. The molecule has 1 aromatic rings. The topological polar surface area (TPSA) is 0 Å². The number of aryl methyl sites for hydroxylation is 1. The van der Waals surface area contributed by atoms with E-state index in [4.69, 9.17) is 81.2 Å². The van der Waals surface area contributed by atoms with Gasteiger partial charge in [-0.05, 0) is 24.0 Å². The van der Waals surface area contributed by atoms with Crippen molar-refractivity contribution in [1.29, 1.82) is 0 Å². The van der Waals surface area contributed by atoms with Crippen molar-refractivity contribution in [1.82, 2.24) is 0 Å². The maximum absolute atomic E-state index is 6.23. The third-order valence-electron chi connectivity index (χ3n) is 2.78. The molecule has 0 aromatic heterocycles. The zero-order chi connectivity index (χ0) is 15.6. The van der Waals surface area contributed by atoms with E-state index in [0.717, 1.165) is 24.8 Å². The second kappa shape index (κ2) is 7.21. The molecule has 1 radical (unpaired) electrons. The molecular formula is C13H12Cl7. The van der Waals surface area contributed by atoms with Gasteiger partial charge < -0.3 is 0 Å². The Kier molecular flexibility index (Phi) is 6.96. The highest BCUT2D eigenvalue weighted by Crippen LogP contribution is 2.60. The minimum Gasteiger partial charge on any atom is -0.0930 e. The van der Waals surface area contributed by atoms with Crippen LogP contribution in [0.1, 0.15) is 24.0 Å². The van der Waals surface area contributed by atoms with E-state index in [1.54, 1.807) is 12.1 Å². The van der Waals surface area contributed by atoms with Gasteiger partial charge in [0.05, 0.1) is 0 Å². The summed E-state index contributed by atoms with van der Waals surface area (Å²) in [6.07, 6.45) is 2.78. The number of rotatable bonds is 5. The maximum Gasteiger partial charge on any atom is 0.226 e. The molecule has 1 aromatic carbocycles. The summed E-state index contributed by atoms with van der Waals surface area (Å²) < 4.78 is -5.83. The molecule has 7 heteroatoms. The van der Waals surface area contributed by atoms with Gasteiger partial charge in [-0.1, -0.05) is 119 Å². The number of alkyl halides is 7. The zero-order valence-electron chi connectivity index (χ0n) is 10.3. The first-order valence-corrected chi connectivity index (χ1v) is 8.39. The Bertz CT molecular complexity index is 431. The molecule has 0 aliphatic carbocycles. The summed E-state index contributed by atoms with van der Waals surface area (Å²) in [5.74, 6) is 0. The smallest absolute Gasteiger partial charge is 0.0930 e. The van der Waals surface area contributed by atoms with Gasteiger partial charge in [-0.15, -0.1) is 0 Å². The van der Waals surface area contributed by atoms with Gasteiger partial charge in [0, 0.05) is 0 Å². The molecule has 0 fully saturated rings. The normalized spacial score (nSPS) is 13.6. The average Bonchev–Trinajstić information content (AvgIpc) is 2.35. The Labute approximate surface area is 154 Å². The van der Waals surface area contributed by atoms with Crippen LogP contribution in [0.15, 0.2) is 24.3 Å². The van der Waals surface area contributed by atoms with Crippen molar-refractivity contribution in [3.05, 3.63) is 42.3 Å². The summed E-state index contributed by atoms with van der Waals surface area (Å²) in [7, 11) is 0. The van der Waals surface area contributed by atoms with Crippen molar-refractivity contribution in [3.63, 3.8) is 0 Å². The van der Waals surface area contributed by atoms with E-state index < -0.39 is 12.5 Å². The molecule has 0 N–H and O–H groups in total. The molecule has 0 nitrogen and oxygen atoms in total. The van der Waals surface area contributed by atoms with E-state index in [0.29, 0.717) is 5.56 Å². The number of halogens is 7. The monoisotopic (exact) mass is 413 g/mol. The van der Waals surface area contributed by atoms with Gasteiger partial charge in [-0.2, -0.15) is 0 Å². The van der Waals surface area contributed by atoms with E-state index >= 15 is 0 Å². The van der Waals surface area contributed by atoms with Gasteiger partial charge >= 0.3 is 0 Å². The van der Waals surface area contributed by atoms with E-state index in [2.05, 4.69) is 6.92 Å². The van der Waals surface area contributed by atoms with E-state index in [1.165, 1.54) is 0 Å². The van der Waals surface area contributed by atoms with Crippen molar-refractivity contribution < 1.29 is 0 Å². The van der Waals surface area contributed by atoms with Gasteiger partial charge in [0.15, 0.2) is 4.33 Å². The van der Waals surface area contributed by atoms with Crippen molar-refractivity contribution in [2.75, 3.05) is 0 Å². The molecule has 0 heterocycles. The van der Waals surface area contributed by atoms with Gasteiger partial charge in [0.25, 0.3) is 0 Å². The summed E-state index contributed by atoms with van der Waals surface area (Å²) in [5.41, 5.74) is 1.58. The first-order chi connectivity index (χ1) is 9.04. The lowest BCUT2D eigenvalue weighted by atomic mass is 10.0. The van der Waals surface area contributed by atoms with Crippen molar-refractivity contribution in [3.8, 4) is 0 Å². The first kappa shape index (κ1) is 19.3. The lowest BCUT2D eigenvalue weighted by Crippen LogP contribution is -2.45. The largest absolute Gasteiger partial charge is 0.226 e. The standard InChI is InChI=1S/C13H12Cl7/c1-2-3-4-9-5-7-10(8-6-9)11(14,15)12(16,17)13(18,19)20/h5-8H,1-4H2. The predicted molar refractivity (Wildman–Crippen MR) is 92.8 cm³/mol. The number of benzene rings is 1. The molecule has 0 saturated heterocycles. The molecule has 20 heavy (non-hydrogen) atoms. The van der Waals surface area contributed by atoms with Gasteiger partial charge in [-0.3, -0.25) is 0 Å². The first-order valence-electron chi connectivity index (χ1n) is 5.75. The molecule has 0 saturated carbocycles. The Morgan fingerprint density at radius 1 is 0.850 bits per heavy atom. The summed E-state index contributed by atoms with van der Waals surface area (Å²) in [5, 5.41) is 0. The fourth-order valence-electron chi connectivity index (χ4n) is 1.57. The quantitative estimate of drug-likeness (QED) is 0.453. The Morgan fingerprint density at radius 2 is 1.35 bits per heavy atom. The fraction of sp³-hybridized carbons (Fsp3) is 0.462. The summed E-state index contributed by atoms with van der Waals surface area (Å²) >= 11 is 41.8. The van der Waals surface area contributed by atoms with Crippen LogP contribution in [0.25, 0.3) is 0 Å². The SMILES string of the molecule is [CH2]CCCc1ccc(C(Cl)(Cl)C(Cl)(Cl)C(Cl)(Cl)Cl)cc1. The second-order valence-electron chi connectivity index (χ2n) is 4.30. The molecule has 0 aliphatic rings. The van der Waals surface area contributed by atoms with Crippen LogP contribution in [0.2, 0.25) is 0 Å². The molecule has 0 amide bonds. The Balaban J connectivity index is 3.04. The molecule has 0 atom stereocenters. The van der Waals surface area contributed by atoms with Crippen LogP contribution < -0.4 is 0 Å². The Hall–Kier alpha value is 1.25. The summed E-state index contributed by atoms with van der Waals surface area (Å²) in [6.45, 7) is 3.80. The lowest BCUT2D eigenvalue weighted by Gasteiger charge is -2.37. The highest BCUT2D eigenvalue weighted by Gasteiger charge is 2.60. The van der Waals surface area contributed by atoms with Gasteiger partial charge in [0.1, 0.15) is 0 Å². The number of hydrogen-bond donors (Lipinski definition) is 0. The van der Waals surface area contributed by atoms with Crippen molar-refractivity contribution in [2.24, 2.45) is 0 Å². The highest BCUT2D eigenvalue weighted by atomic mass is 35.6. The summed E-state index contributed by atoms with van der Waals surface area (Å²) in [4.78, 5) is 0. The van der Waals surface area contributed by atoms with E-state index in [1.807, 2.05) is 12.1 Å². The van der Waals surface area contributed by atoms with E-state index in [-0.39, 0.29) is 0 Å². The van der Waals surface area contributed by atoms with Crippen LogP contribution in [0.5, 0.6) is 0 Å². The molecule has 0 bridgehead atoms. The minimum atomic E-state index is -2.05. The molecule has 0 unspecified atom stereocenters. The fourth-order valence-corrected chi connectivity index (χ4v) is 3.04. The van der Waals surface area contributed by atoms with Crippen LogP contribution in [-0.4, -0.2) is 8.13 Å². The third-order valence-corrected chi connectivity index (χ3v) is 6.74. The van der Waals surface area contributed by atoms with Crippen LogP contribution in [0.4, 0.5) is 0 Å². The van der Waals surface area contributed by atoms with Crippen LogP contribution in [-0.2, 0) is 10.8 Å². The van der Waals surface area contributed by atoms with Gasteiger partial charge in [-0.25, -0.2) is 0 Å². The molecule has 1 rings (SSSR count). The van der Waals surface area contributed by atoms with Crippen LogP contribution in [0.3, 0.4) is 0 Å². The third kappa shape index (κ3) is 4.16. The molecule has 0 aliphatic heterocycles. The van der Waals surface area contributed by atoms with Crippen LogP contribution >= 0.6 is 81.2 Å². The minimum absolute atomic E-state index is 0.454. The molecule has 0 spiro atoms. The van der Waals surface area contributed by atoms with Gasteiger partial charge in [0.2, 0.25) is 8.13 Å². The lowest BCUT2D eigenvalue weighted by molar-refractivity contribution is 0.698. The Morgan fingerprint density at radius 3 is 1.75 bits per heavy atom. The molecule has 113 valence electrons. The van der Waals surface area contributed by atoms with E-state index in [9.17, 15) is 0 Å². The zero-order valence-corrected chi connectivity index (χ0v) is 15.6. The molecular weight excluding hydrogens is 404 g/mol. The number of hydrogen-bond acceptors (Lipinski definition) is 0. The predicted octanol–water partition coefficient (Wildman–Crippen LogP) is 7.02. The second-order valence-corrected chi connectivity index (χ2v) is 9.24. The van der Waals surface area contributed by atoms with Crippen molar-refractivity contribution in [2.45, 2.75) is 31.7 Å².